The summed E-state index contributed by atoms with van der Waals surface area (Å²) >= 11 is 0. The average Bonchev–Trinajstić information content (AvgIpc) is 3.35. The molecule has 2 fully saturated rings. The quantitative estimate of drug-likeness (QED) is 0.371. The van der Waals surface area contributed by atoms with E-state index in [2.05, 4.69) is 41.1 Å². The smallest absolute Gasteiger partial charge is 0.245 e. The van der Waals surface area contributed by atoms with Gasteiger partial charge in [-0.2, -0.15) is 0 Å². The molecule has 5 rings (SSSR count). The molecule has 0 spiro atoms. The Morgan fingerprint density at radius 2 is 1.76 bits per heavy atom. The zero-order chi connectivity index (χ0) is 30.0. The van der Waals surface area contributed by atoms with E-state index in [1.54, 1.807) is 44.6 Å². The van der Waals surface area contributed by atoms with Gasteiger partial charge in [-0.25, -0.2) is 18.4 Å². The number of methoxy groups -OCH3 is 2. The van der Waals surface area contributed by atoms with Crippen LogP contribution >= 0.6 is 0 Å². The molecule has 1 N–H and O–H groups in total. The minimum Gasteiger partial charge on any atom is -0.493 e. The van der Waals surface area contributed by atoms with Crippen LogP contribution in [0.4, 0.5) is 5.82 Å². The standard InChI is InChI=1S/C31H41N5O5S/c1-20(2)35(3)22-11-12-27(21(15-22)18-42(38,39)23-9-7-6-8-10-23)36-14-13-25(31(36)37)34-30-24-16-28(40-4)29(41-5)17-26(24)32-19-33-30/h6-10,16-17,19-22,25,27H,11-15,18H2,1-5H3,(H,32,33,34)/t21-,22+,25-,27-/m0/s1. The molecular weight excluding hydrogens is 554 g/mol. The third-order valence-corrected chi connectivity index (χ3v) is 10.8. The fourth-order valence-corrected chi connectivity index (χ4v) is 8.12. The van der Waals surface area contributed by atoms with Gasteiger partial charge in [-0.3, -0.25) is 4.79 Å². The molecule has 1 aromatic heterocycles. The molecule has 2 heterocycles. The highest BCUT2D eigenvalue weighted by atomic mass is 32.2. The second kappa shape index (κ2) is 12.4. The van der Waals surface area contributed by atoms with E-state index < -0.39 is 15.9 Å². The van der Waals surface area contributed by atoms with Crippen LogP contribution < -0.4 is 14.8 Å². The summed E-state index contributed by atoms with van der Waals surface area (Å²) in [5.74, 6) is 1.48. The van der Waals surface area contributed by atoms with Gasteiger partial charge >= 0.3 is 0 Å². The third kappa shape index (κ3) is 6.03. The number of nitrogens with zero attached hydrogens (tertiary/aromatic N) is 4. The Balaban J connectivity index is 1.38. The first-order valence-electron chi connectivity index (χ1n) is 14.6. The molecule has 1 aliphatic heterocycles. The third-order valence-electron chi connectivity index (χ3n) is 8.93. The highest BCUT2D eigenvalue weighted by molar-refractivity contribution is 7.91. The summed E-state index contributed by atoms with van der Waals surface area (Å²) in [5, 5.41) is 4.08. The molecule has 11 heteroatoms. The number of likely N-dealkylation sites (tertiary alicyclic amines) is 1. The number of aromatic nitrogens is 2. The highest BCUT2D eigenvalue weighted by Crippen LogP contribution is 2.37. The summed E-state index contributed by atoms with van der Waals surface area (Å²) in [6.45, 7) is 4.88. The predicted octanol–water partition coefficient (Wildman–Crippen LogP) is 4.01. The molecule has 1 aliphatic carbocycles. The minimum absolute atomic E-state index is 0.0180. The van der Waals surface area contributed by atoms with E-state index in [9.17, 15) is 13.2 Å². The zero-order valence-corrected chi connectivity index (χ0v) is 25.8. The Kier molecular flexibility index (Phi) is 8.89. The van der Waals surface area contributed by atoms with E-state index in [0.29, 0.717) is 46.7 Å². The van der Waals surface area contributed by atoms with Crippen LogP contribution in [0.25, 0.3) is 10.9 Å². The summed E-state index contributed by atoms with van der Waals surface area (Å²) in [5.41, 5.74) is 0.672. The summed E-state index contributed by atoms with van der Waals surface area (Å²) in [4.78, 5) is 27.3. The summed E-state index contributed by atoms with van der Waals surface area (Å²) in [6.07, 6.45) is 4.47. The van der Waals surface area contributed by atoms with Crippen LogP contribution in [0.1, 0.15) is 39.5 Å². The van der Waals surface area contributed by atoms with Gasteiger partial charge in [0.1, 0.15) is 18.2 Å². The fraction of sp³-hybridized carbons (Fsp3) is 0.516. The minimum atomic E-state index is -3.52. The molecule has 2 aliphatic rings. The Morgan fingerprint density at radius 3 is 2.45 bits per heavy atom. The number of benzene rings is 2. The molecule has 0 unspecified atom stereocenters. The van der Waals surface area contributed by atoms with Gasteiger partial charge in [0, 0.05) is 36.1 Å². The lowest BCUT2D eigenvalue weighted by Crippen LogP contribution is -2.52. The summed E-state index contributed by atoms with van der Waals surface area (Å²) in [7, 11) is 1.73. The molecule has 1 saturated carbocycles. The zero-order valence-electron chi connectivity index (χ0n) is 25.0. The van der Waals surface area contributed by atoms with Crippen LogP contribution in [0.2, 0.25) is 0 Å². The lowest BCUT2D eigenvalue weighted by Gasteiger charge is -2.44. The van der Waals surface area contributed by atoms with E-state index in [1.807, 2.05) is 17.0 Å². The predicted molar refractivity (Wildman–Crippen MR) is 163 cm³/mol. The number of anilines is 1. The monoisotopic (exact) mass is 595 g/mol. The largest absolute Gasteiger partial charge is 0.493 e. The van der Waals surface area contributed by atoms with E-state index in [-0.39, 0.29) is 29.7 Å². The summed E-state index contributed by atoms with van der Waals surface area (Å²) in [6, 6.07) is 12.2. The van der Waals surface area contributed by atoms with Gasteiger partial charge < -0.3 is 24.6 Å². The van der Waals surface area contributed by atoms with Crippen molar-refractivity contribution in [3.05, 3.63) is 48.8 Å². The Bertz CT molecular complexity index is 1520. The first-order valence-corrected chi connectivity index (χ1v) is 16.2. The van der Waals surface area contributed by atoms with Crippen molar-refractivity contribution < 1.29 is 22.7 Å². The van der Waals surface area contributed by atoms with Crippen molar-refractivity contribution in [3.63, 3.8) is 0 Å². The van der Waals surface area contributed by atoms with Gasteiger partial charge in [0.25, 0.3) is 0 Å². The topological polar surface area (TPSA) is 114 Å². The molecule has 1 saturated heterocycles. The van der Waals surface area contributed by atoms with Crippen LogP contribution in [-0.2, 0) is 14.6 Å². The fourth-order valence-electron chi connectivity index (χ4n) is 6.44. The van der Waals surface area contributed by atoms with Gasteiger partial charge in [-0.05, 0) is 70.7 Å². The van der Waals surface area contributed by atoms with Gasteiger partial charge in [-0.15, -0.1) is 0 Å². The molecule has 42 heavy (non-hydrogen) atoms. The molecule has 4 atom stereocenters. The van der Waals surface area contributed by atoms with E-state index in [1.165, 1.54) is 6.33 Å². The van der Waals surface area contributed by atoms with Crippen molar-refractivity contribution in [1.29, 1.82) is 0 Å². The number of carbonyl (C=O) groups is 1. The molecule has 0 bridgehead atoms. The number of amides is 1. The van der Waals surface area contributed by atoms with Crippen LogP contribution in [0.5, 0.6) is 11.5 Å². The normalized spacial score (nSPS) is 23.1. The Labute approximate surface area is 248 Å². The van der Waals surface area contributed by atoms with Gasteiger partial charge in [0.2, 0.25) is 5.91 Å². The maximum atomic E-state index is 13.9. The molecular formula is C31H41N5O5S. The van der Waals surface area contributed by atoms with Crippen molar-refractivity contribution in [3.8, 4) is 11.5 Å². The van der Waals surface area contributed by atoms with Gasteiger partial charge in [-0.1, -0.05) is 18.2 Å². The summed E-state index contributed by atoms with van der Waals surface area (Å²) < 4.78 is 37.9. The van der Waals surface area contributed by atoms with Crippen molar-refractivity contribution in [1.82, 2.24) is 19.8 Å². The van der Waals surface area contributed by atoms with E-state index >= 15 is 0 Å². The van der Waals surface area contributed by atoms with Gasteiger partial charge in [0.05, 0.1) is 30.4 Å². The number of sulfone groups is 1. The van der Waals surface area contributed by atoms with E-state index in [4.69, 9.17) is 9.47 Å². The molecule has 10 nitrogen and oxygen atoms in total. The van der Waals surface area contributed by atoms with E-state index in [0.717, 1.165) is 24.6 Å². The first-order chi connectivity index (χ1) is 20.1. The lowest BCUT2D eigenvalue weighted by atomic mass is 9.81. The Morgan fingerprint density at radius 1 is 1.05 bits per heavy atom. The number of nitrogens with one attached hydrogen (secondary N) is 1. The van der Waals surface area contributed by atoms with Crippen LogP contribution in [0.15, 0.2) is 53.7 Å². The maximum absolute atomic E-state index is 13.9. The number of carbonyl (C=O) groups excluding carboxylic acids is 1. The molecule has 0 radical (unpaired) electrons. The number of hydrogen-bond acceptors (Lipinski definition) is 9. The lowest BCUT2D eigenvalue weighted by molar-refractivity contribution is -0.132. The number of rotatable bonds is 10. The number of hydrogen-bond donors (Lipinski definition) is 1. The molecule has 3 aromatic rings. The second-order valence-electron chi connectivity index (χ2n) is 11.6. The SMILES string of the molecule is COc1cc2ncnc(N[C@H]3CCN([C@H]4CC[C@@H](N(C)C(C)C)C[C@H]4CS(=O)(=O)c4ccccc4)C3=O)c2cc1OC. The van der Waals surface area contributed by atoms with Crippen LogP contribution in [0.3, 0.4) is 0 Å². The van der Waals surface area contributed by atoms with Crippen molar-refractivity contribution in [2.45, 2.75) is 68.6 Å². The molecule has 2 aromatic carbocycles. The first kappa shape index (κ1) is 30.0. The van der Waals surface area contributed by atoms with Crippen molar-refractivity contribution in [2.75, 3.05) is 38.9 Å². The highest BCUT2D eigenvalue weighted by Gasteiger charge is 2.44. The number of ether oxygens (including phenoxy) is 2. The van der Waals surface area contributed by atoms with Crippen molar-refractivity contribution >= 4 is 32.5 Å². The molecule has 226 valence electrons. The average molecular weight is 596 g/mol. The van der Waals surface area contributed by atoms with Crippen LogP contribution in [-0.4, -0.2) is 91.8 Å². The van der Waals surface area contributed by atoms with Crippen LogP contribution in [0, 0.1) is 5.92 Å². The molecule has 1 amide bonds. The maximum Gasteiger partial charge on any atom is 0.245 e. The van der Waals surface area contributed by atoms with Gasteiger partial charge in [0.15, 0.2) is 21.3 Å². The Hall–Kier alpha value is -3.44. The number of fused-ring (bicyclic) bond motifs is 1. The van der Waals surface area contributed by atoms with Crippen molar-refractivity contribution in [2.24, 2.45) is 5.92 Å². The second-order valence-corrected chi connectivity index (χ2v) is 13.6.